The first-order valence-electron chi connectivity index (χ1n) is 5.91. The number of amides is 1. The molecule has 0 radical (unpaired) electrons. The van der Waals surface area contributed by atoms with E-state index in [-0.39, 0.29) is 0 Å². The van der Waals surface area contributed by atoms with E-state index in [1.165, 1.54) is 0 Å². The zero-order chi connectivity index (χ0) is 14.3. The van der Waals surface area contributed by atoms with Gasteiger partial charge < -0.3 is 5.32 Å². The molecule has 1 atom stereocenters. The zero-order valence-electron chi connectivity index (χ0n) is 10.2. The number of hydrogen-bond acceptors (Lipinski definition) is 3. The number of hydroxylamine groups is 2. The van der Waals surface area contributed by atoms with Crippen LogP contribution < -0.4 is 5.32 Å². The fraction of sp³-hybridized carbons (Fsp3) is 0.0714. The Morgan fingerprint density at radius 2 is 1.90 bits per heavy atom. The van der Waals surface area contributed by atoms with Crippen molar-refractivity contribution in [2.45, 2.75) is 6.17 Å². The maximum absolute atomic E-state index is 12.1. The fourth-order valence-electron chi connectivity index (χ4n) is 2.18. The Morgan fingerprint density at radius 3 is 2.65 bits per heavy atom. The molecule has 2 aromatic rings. The lowest BCUT2D eigenvalue weighted by atomic mass is 10.1. The summed E-state index contributed by atoms with van der Waals surface area (Å²) in [6.07, 6.45) is -0.748. The second kappa shape index (κ2) is 4.98. The van der Waals surface area contributed by atoms with Crippen molar-refractivity contribution in [3.63, 3.8) is 0 Å². The van der Waals surface area contributed by atoms with Gasteiger partial charge in [0.05, 0.1) is 5.56 Å². The topological polar surface area (TPSA) is 52.6 Å². The number of nitrogens with one attached hydrogen (secondary N) is 1. The standard InChI is InChI=1S/C14H10Cl2N2O2/c15-8-5-6-9(11(16)7-8)13-17-12-4-2-1-3-10(12)14(19)18(13)20/h1-7,13,17,20H/t13-/m0/s1. The molecule has 3 rings (SSSR count). The van der Waals surface area contributed by atoms with E-state index in [1.807, 2.05) is 6.07 Å². The molecule has 1 aliphatic heterocycles. The van der Waals surface area contributed by atoms with Crippen molar-refractivity contribution in [1.29, 1.82) is 0 Å². The number of nitrogens with zero attached hydrogens (tertiary/aromatic N) is 1. The molecular weight excluding hydrogens is 299 g/mol. The van der Waals surface area contributed by atoms with Crippen LogP contribution in [0.15, 0.2) is 42.5 Å². The van der Waals surface area contributed by atoms with Crippen LogP contribution in [0.5, 0.6) is 0 Å². The van der Waals surface area contributed by atoms with Crippen LogP contribution in [-0.2, 0) is 0 Å². The van der Waals surface area contributed by atoms with E-state index in [9.17, 15) is 10.0 Å². The van der Waals surface area contributed by atoms with Crippen molar-refractivity contribution < 1.29 is 10.0 Å². The van der Waals surface area contributed by atoms with E-state index in [0.29, 0.717) is 31.9 Å². The number of hydrogen-bond donors (Lipinski definition) is 2. The predicted molar refractivity (Wildman–Crippen MR) is 77.2 cm³/mol. The average molecular weight is 309 g/mol. The minimum Gasteiger partial charge on any atom is -0.359 e. The summed E-state index contributed by atoms with van der Waals surface area (Å²) in [7, 11) is 0. The number of fused-ring (bicyclic) bond motifs is 1. The number of halogens is 2. The van der Waals surface area contributed by atoms with Crippen LogP contribution in [0.2, 0.25) is 10.0 Å². The van der Waals surface area contributed by atoms with Gasteiger partial charge in [-0.3, -0.25) is 10.0 Å². The predicted octanol–water partition coefficient (Wildman–Crippen LogP) is 3.95. The molecule has 0 saturated carbocycles. The molecule has 0 saturated heterocycles. The van der Waals surface area contributed by atoms with Crippen molar-refractivity contribution >= 4 is 34.8 Å². The van der Waals surface area contributed by atoms with Crippen LogP contribution in [0, 0.1) is 0 Å². The van der Waals surface area contributed by atoms with E-state index >= 15 is 0 Å². The zero-order valence-corrected chi connectivity index (χ0v) is 11.7. The van der Waals surface area contributed by atoms with E-state index in [1.54, 1.807) is 36.4 Å². The highest BCUT2D eigenvalue weighted by molar-refractivity contribution is 6.35. The average Bonchev–Trinajstić information content (AvgIpc) is 2.43. The largest absolute Gasteiger partial charge is 0.359 e. The number of benzene rings is 2. The monoisotopic (exact) mass is 308 g/mol. The van der Waals surface area contributed by atoms with Gasteiger partial charge in [-0.05, 0) is 24.3 Å². The highest BCUT2D eigenvalue weighted by atomic mass is 35.5. The molecule has 20 heavy (non-hydrogen) atoms. The van der Waals surface area contributed by atoms with Crippen molar-refractivity contribution in [1.82, 2.24) is 5.06 Å². The summed E-state index contributed by atoms with van der Waals surface area (Å²) in [5, 5.41) is 14.6. The lowest BCUT2D eigenvalue weighted by molar-refractivity contribution is -0.0851. The molecule has 1 aliphatic rings. The maximum Gasteiger partial charge on any atom is 0.281 e. The van der Waals surface area contributed by atoms with Crippen LogP contribution in [0.3, 0.4) is 0 Å². The van der Waals surface area contributed by atoms with Crippen molar-refractivity contribution in [3.05, 3.63) is 63.6 Å². The summed E-state index contributed by atoms with van der Waals surface area (Å²) in [6, 6.07) is 11.9. The SMILES string of the molecule is O=C1c2ccccc2N[C@H](c2ccc(Cl)cc2Cl)N1O. The van der Waals surface area contributed by atoms with Crippen LogP contribution >= 0.6 is 23.2 Å². The van der Waals surface area contributed by atoms with Crippen LogP contribution in [-0.4, -0.2) is 16.2 Å². The summed E-state index contributed by atoms with van der Waals surface area (Å²) < 4.78 is 0. The van der Waals surface area contributed by atoms with Gasteiger partial charge in [-0.15, -0.1) is 0 Å². The summed E-state index contributed by atoms with van der Waals surface area (Å²) in [5.41, 5.74) is 1.64. The first-order valence-corrected chi connectivity index (χ1v) is 6.66. The molecule has 1 heterocycles. The molecule has 2 N–H and O–H groups in total. The molecule has 0 bridgehead atoms. The molecule has 6 heteroatoms. The Kier molecular flexibility index (Phi) is 3.30. The summed E-state index contributed by atoms with van der Waals surface area (Å²) in [6.45, 7) is 0. The number of rotatable bonds is 1. The summed E-state index contributed by atoms with van der Waals surface area (Å²) >= 11 is 12.0. The van der Waals surface area contributed by atoms with Gasteiger partial charge in [-0.1, -0.05) is 41.4 Å². The Hall–Kier alpha value is -1.75. The molecule has 0 fully saturated rings. The molecule has 0 aliphatic carbocycles. The van der Waals surface area contributed by atoms with E-state index in [2.05, 4.69) is 5.32 Å². The van der Waals surface area contributed by atoms with E-state index < -0.39 is 12.1 Å². The third kappa shape index (κ3) is 2.12. The Morgan fingerprint density at radius 1 is 1.15 bits per heavy atom. The first-order chi connectivity index (χ1) is 9.58. The van der Waals surface area contributed by atoms with Gasteiger partial charge in [-0.2, -0.15) is 5.06 Å². The smallest absolute Gasteiger partial charge is 0.281 e. The Labute approximate surface area is 125 Å². The minimum atomic E-state index is -0.748. The third-order valence-electron chi connectivity index (χ3n) is 3.16. The third-order valence-corrected chi connectivity index (χ3v) is 3.72. The fourth-order valence-corrected chi connectivity index (χ4v) is 2.69. The molecule has 0 unspecified atom stereocenters. The molecule has 0 spiro atoms. The van der Waals surface area contributed by atoms with Gasteiger partial charge in [-0.25, -0.2) is 0 Å². The van der Waals surface area contributed by atoms with Crippen LogP contribution in [0.25, 0.3) is 0 Å². The highest BCUT2D eigenvalue weighted by Crippen LogP contribution is 2.35. The first kappa shape index (κ1) is 13.2. The molecular formula is C14H10Cl2N2O2. The number of carbonyl (C=O) groups excluding carboxylic acids is 1. The van der Waals surface area contributed by atoms with Crippen molar-refractivity contribution in [2.75, 3.05) is 5.32 Å². The normalized spacial score (nSPS) is 17.6. The quantitative estimate of drug-likeness (QED) is 0.784. The molecule has 2 aromatic carbocycles. The van der Waals surface area contributed by atoms with Crippen LogP contribution in [0.4, 0.5) is 5.69 Å². The van der Waals surface area contributed by atoms with E-state index in [0.717, 1.165) is 0 Å². The van der Waals surface area contributed by atoms with Crippen molar-refractivity contribution in [3.8, 4) is 0 Å². The van der Waals surface area contributed by atoms with Gasteiger partial charge in [0, 0.05) is 21.3 Å². The summed E-state index contributed by atoms with van der Waals surface area (Å²) in [4.78, 5) is 12.1. The minimum absolute atomic E-state index is 0.376. The summed E-state index contributed by atoms with van der Waals surface area (Å²) in [5.74, 6) is -0.477. The Bertz CT molecular complexity index is 691. The second-order valence-electron chi connectivity index (χ2n) is 4.41. The van der Waals surface area contributed by atoms with Crippen LogP contribution in [0.1, 0.15) is 22.1 Å². The number of carbonyl (C=O) groups is 1. The van der Waals surface area contributed by atoms with Gasteiger partial charge in [0.2, 0.25) is 0 Å². The lowest BCUT2D eigenvalue weighted by Crippen LogP contribution is -2.40. The molecule has 0 aromatic heterocycles. The van der Waals surface area contributed by atoms with Gasteiger partial charge in [0.15, 0.2) is 6.17 Å². The number of anilines is 1. The van der Waals surface area contributed by atoms with Gasteiger partial charge >= 0.3 is 0 Å². The van der Waals surface area contributed by atoms with E-state index in [4.69, 9.17) is 23.2 Å². The van der Waals surface area contributed by atoms with Gasteiger partial charge in [0.25, 0.3) is 5.91 Å². The van der Waals surface area contributed by atoms with Crippen molar-refractivity contribution in [2.24, 2.45) is 0 Å². The Balaban J connectivity index is 2.06. The lowest BCUT2D eigenvalue weighted by Gasteiger charge is -2.33. The molecule has 102 valence electrons. The van der Waals surface area contributed by atoms with Gasteiger partial charge in [0.1, 0.15) is 0 Å². The molecule has 1 amide bonds. The maximum atomic E-state index is 12.1. The second-order valence-corrected chi connectivity index (χ2v) is 5.25. The molecule has 4 nitrogen and oxygen atoms in total. The number of para-hydroxylation sites is 1. The highest BCUT2D eigenvalue weighted by Gasteiger charge is 2.33.